The minimum Gasteiger partial charge on any atom is -0.457 e. The zero-order valence-corrected chi connectivity index (χ0v) is 16.6. The lowest BCUT2D eigenvalue weighted by molar-refractivity contribution is 0.101. The molecule has 0 fully saturated rings. The number of furan rings is 1. The van der Waals surface area contributed by atoms with E-state index in [0.717, 1.165) is 11.1 Å². The Morgan fingerprint density at radius 2 is 1.80 bits per heavy atom. The van der Waals surface area contributed by atoms with Gasteiger partial charge in [0.25, 0.3) is 5.56 Å². The van der Waals surface area contributed by atoms with Gasteiger partial charge in [-0.1, -0.05) is 35.6 Å². The van der Waals surface area contributed by atoms with Gasteiger partial charge in [-0.3, -0.25) is 14.6 Å². The number of ketones is 1. The Balaban J connectivity index is 1.48. The van der Waals surface area contributed by atoms with Gasteiger partial charge in [-0.25, -0.2) is 0 Å². The van der Waals surface area contributed by atoms with Gasteiger partial charge in [0.1, 0.15) is 16.1 Å². The highest BCUT2D eigenvalue weighted by Crippen LogP contribution is 2.23. The first kappa shape index (κ1) is 18.1. The van der Waals surface area contributed by atoms with E-state index in [4.69, 9.17) is 4.42 Å². The SMILES string of the molecule is CC(=O)c1ccc(-c2ccc(C=c3sc4nc(-c5ccncc5)nn4c3=O)o2)cc1. The molecule has 5 aromatic rings. The van der Waals surface area contributed by atoms with E-state index in [0.29, 0.717) is 32.4 Å². The lowest BCUT2D eigenvalue weighted by Gasteiger charge is -1.98. The molecule has 4 heterocycles. The number of rotatable bonds is 4. The summed E-state index contributed by atoms with van der Waals surface area (Å²) in [4.78, 5) is 33.1. The van der Waals surface area contributed by atoms with Crippen molar-refractivity contribution in [3.05, 3.63) is 87.1 Å². The number of pyridine rings is 1. The molecule has 0 aliphatic heterocycles. The van der Waals surface area contributed by atoms with E-state index in [1.165, 1.54) is 22.8 Å². The van der Waals surface area contributed by atoms with Gasteiger partial charge in [0.05, 0.1) is 0 Å². The molecule has 0 saturated carbocycles. The molecule has 4 aromatic heterocycles. The summed E-state index contributed by atoms with van der Waals surface area (Å²) in [5.74, 6) is 1.71. The van der Waals surface area contributed by atoms with E-state index in [2.05, 4.69) is 15.1 Å². The van der Waals surface area contributed by atoms with Gasteiger partial charge >= 0.3 is 0 Å². The number of thiazole rings is 1. The second-order valence-electron chi connectivity index (χ2n) is 6.62. The minimum atomic E-state index is -0.244. The van der Waals surface area contributed by atoms with Crippen molar-refractivity contribution in [2.45, 2.75) is 6.92 Å². The fourth-order valence-electron chi connectivity index (χ4n) is 3.04. The first-order valence-electron chi connectivity index (χ1n) is 9.11. The Hall–Kier alpha value is -3.91. The Kier molecular flexibility index (Phi) is 4.33. The number of Topliss-reactive ketones (excluding diaryl/α,β-unsaturated/α-hetero) is 1. The molecule has 8 heteroatoms. The van der Waals surface area contributed by atoms with Crippen LogP contribution in [0.2, 0.25) is 0 Å². The number of carbonyl (C=O) groups excluding carboxylic acids is 1. The average molecular weight is 414 g/mol. The van der Waals surface area contributed by atoms with Crippen LogP contribution in [0.5, 0.6) is 0 Å². The Morgan fingerprint density at radius 1 is 1.03 bits per heavy atom. The summed E-state index contributed by atoms with van der Waals surface area (Å²) in [5.41, 5.74) is 2.06. The summed E-state index contributed by atoms with van der Waals surface area (Å²) in [7, 11) is 0. The van der Waals surface area contributed by atoms with Crippen LogP contribution in [0, 0.1) is 0 Å². The summed E-state index contributed by atoms with van der Waals surface area (Å²) >= 11 is 1.25. The summed E-state index contributed by atoms with van der Waals surface area (Å²) < 4.78 is 7.65. The van der Waals surface area contributed by atoms with Gasteiger partial charge in [0.2, 0.25) is 4.96 Å². The molecule has 0 amide bonds. The van der Waals surface area contributed by atoms with Crippen LogP contribution in [0.1, 0.15) is 23.0 Å². The molecule has 0 radical (unpaired) electrons. The highest BCUT2D eigenvalue weighted by molar-refractivity contribution is 7.15. The van der Waals surface area contributed by atoms with Crippen molar-refractivity contribution >= 4 is 28.2 Å². The van der Waals surface area contributed by atoms with Crippen molar-refractivity contribution in [1.82, 2.24) is 19.6 Å². The maximum Gasteiger partial charge on any atom is 0.291 e. The molecule has 1 aromatic carbocycles. The Morgan fingerprint density at radius 3 is 2.50 bits per heavy atom. The fourth-order valence-corrected chi connectivity index (χ4v) is 3.93. The van der Waals surface area contributed by atoms with Crippen LogP contribution in [-0.4, -0.2) is 25.4 Å². The zero-order chi connectivity index (χ0) is 20.7. The molecule has 0 atom stereocenters. The summed E-state index contributed by atoms with van der Waals surface area (Å²) in [6, 6.07) is 14.4. The number of aromatic nitrogens is 4. The van der Waals surface area contributed by atoms with E-state index < -0.39 is 0 Å². The van der Waals surface area contributed by atoms with Crippen molar-refractivity contribution in [2.75, 3.05) is 0 Å². The third kappa shape index (κ3) is 3.23. The first-order chi connectivity index (χ1) is 14.6. The predicted octanol–water partition coefficient (Wildman–Crippen LogP) is 3.22. The van der Waals surface area contributed by atoms with Crippen molar-refractivity contribution in [3.63, 3.8) is 0 Å². The highest BCUT2D eigenvalue weighted by atomic mass is 32.1. The predicted molar refractivity (Wildman–Crippen MR) is 113 cm³/mol. The lowest BCUT2D eigenvalue weighted by Crippen LogP contribution is -2.23. The molecule has 0 saturated heterocycles. The Labute approximate surface area is 174 Å². The summed E-state index contributed by atoms with van der Waals surface area (Å²) in [6.07, 6.45) is 5.00. The smallest absolute Gasteiger partial charge is 0.291 e. The lowest BCUT2D eigenvalue weighted by atomic mass is 10.1. The van der Waals surface area contributed by atoms with Crippen LogP contribution < -0.4 is 10.1 Å². The molecular formula is C22H14N4O3S. The molecule has 0 N–H and O–H groups in total. The van der Waals surface area contributed by atoms with Gasteiger partial charge in [-0.05, 0) is 31.2 Å². The van der Waals surface area contributed by atoms with Crippen LogP contribution in [0.15, 0.2) is 70.1 Å². The minimum absolute atomic E-state index is 0.0152. The summed E-state index contributed by atoms with van der Waals surface area (Å²) in [6.45, 7) is 1.53. The van der Waals surface area contributed by atoms with E-state index >= 15 is 0 Å². The molecule has 0 aliphatic rings. The molecule has 0 bridgehead atoms. The molecule has 30 heavy (non-hydrogen) atoms. The Bertz CT molecular complexity index is 1480. The van der Waals surface area contributed by atoms with Crippen LogP contribution in [0.4, 0.5) is 0 Å². The van der Waals surface area contributed by atoms with E-state index in [-0.39, 0.29) is 11.3 Å². The summed E-state index contributed by atoms with van der Waals surface area (Å²) in [5, 5.41) is 4.32. The maximum absolute atomic E-state index is 12.7. The normalized spacial score (nSPS) is 12.0. The second kappa shape index (κ2) is 7.16. The van der Waals surface area contributed by atoms with Gasteiger partial charge in [0, 0.05) is 35.2 Å². The first-order valence-corrected chi connectivity index (χ1v) is 9.93. The van der Waals surface area contributed by atoms with E-state index in [1.807, 2.05) is 18.2 Å². The van der Waals surface area contributed by atoms with Gasteiger partial charge < -0.3 is 4.42 Å². The molecule has 7 nitrogen and oxygen atoms in total. The van der Waals surface area contributed by atoms with Crippen LogP contribution in [0.25, 0.3) is 33.7 Å². The number of nitrogens with zero attached hydrogens (tertiary/aromatic N) is 4. The van der Waals surface area contributed by atoms with E-state index in [1.54, 1.807) is 48.8 Å². The van der Waals surface area contributed by atoms with Crippen molar-refractivity contribution in [3.8, 4) is 22.7 Å². The fraction of sp³-hybridized carbons (Fsp3) is 0.0455. The number of carbonyl (C=O) groups is 1. The molecule has 146 valence electrons. The largest absolute Gasteiger partial charge is 0.457 e. The topological polar surface area (TPSA) is 90.4 Å². The van der Waals surface area contributed by atoms with E-state index in [9.17, 15) is 9.59 Å². The molecular weight excluding hydrogens is 400 g/mol. The average Bonchev–Trinajstić information content (AvgIpc) is 3.47. The maximum atomic E-state index is 12.7. The molecule has 0 spiro atoms. The number of fused-ring (bicyclic) bond motifs is 1. The number of benzene rings is 1. The van der Waals surface area contributed by atoms with Crippen LogP contribution in [-0.2, 0) is 0 Å². The second-order valence-corrected chi connectivity index (χ2v) is 7.63. The molecule has 5 rings (SSSR count). The highest BCUT2D eigenvalue weighted by Gasteiger charge is 2.12. The van der Waals surface area contributed by atoms with Crippen LogP contribution in [0.3, 0.4) is 0 Å². The van der Waals surface area contributed by atoms with Gasteiger partial charge in [-0.2, -0.15) is 9.50 Å². The van der Waals surface area contributed by atoms with Crippen molar-refractivity contribution in [1.29, 1.82) is 0 Å². The molecule has 0 unspecified atom stereocenters. The van der Waals surface area contributed by atoms with Gasteiger partial charge in [-0.15, -0.1) is 5.10 Å². The third-order valence-electron chi connectivity index (χ3n) is 4.60. The third-order valence-corrected chi connectivity index (χ3v) is 5.56. The molecule has 0 aliphatic carbocycles. The number of hydrogen-bond donors (Lipinski definition) is 0. The number of hydrogen-bond acceptors (Lipinski definition) is 7. The van der Waals surface area contributed by atoms with Crippen LogP contribution >= 0.6 is 11.3 Å². The quantitative estimate of drug-likeness (QED) is 0.420. The van der Waals surface area contributed by atoms with Crippen molar-refractivity contribution < 1.29 is 9.21 Å². The van der Waals surface area contributed by atoms with Crippen molar-refractivity contribution in [2.24, 2.45) is 0 Å². The standard InChI is InChI=1S/C22H14N4O3S/c1-13(27)14-2-4-15(5-3-14)18-7-6-17(29-18)12-19-21(28)26-22(30-19)24-20(25-26)16-8-10-23-11-9-16/h2-12H,1H3. The monoisotopic (exact) mass is 414 g/mol. The zero-order valence-electron chi connectivity index (χ0n) is 15.8. The van der Waals surface area contributed by atoms with Gasteiger partial charge in [0.15, 0.2) is 11.6 Å².